The number of thioether (sulfide) groups is 1. The van der Waals surface area contributed by atoms with E-state index < -0.39 is 0 Å². The predicted molar refractivity (Wildman–Crippen MR) is 126 cm³/mol. The lowest BCUT2D eigenvalue weighted by molar-refractivity contribution is -0.116. The molecule has 0 aliphatic rings. The summed E-state index contributed by atoms with van der Waals surface area (Å²) in [6.07, 6.45) is 2.98. The molecule has 0 spiro atoms. The molecule has 0 saturated carbocycles. The molecule has 2 amide bonds. The van der Waals surface area contributed by atoms with E-state index in [2.05, 4.69) is 17.6 Å². The molecule has 31 heavy (non-hydrogen) atoms. The van der Waals surface area contributed by atoms with Gasteiger partial charge in [-0.15, -0.1) is 11.8 Å². The van der Waals surface area contributed by atoms with E-state index >= 15 is 0 Å². The standard InChI is InChI=1S/C24H30N2O4S/c1-4-7-11-22(27)25-19-9-8-10-20(16-19)31-21(5-2)23(28)26-18-14-12-17(13-15-18)24(29)30-6-3/h8-10,12-16,21H,4-7,11H2,1-3H3,(H,25,27)(H,26,28). The Balaban J connectivity index is 1.97. The van der Waals surface area contributed by atoms with E-state index in [0.717, 1.165) is 23.4 Å². The Kier molecular flexibility index (Phi) is 10.1. The van der Waals surface area contributed by atoms with Gasteiger partial charge in [0.05, 0.1) is 17.4 Å². The van der Waals surface area contributed by atoms with Crippen molar-refractivity contribution in [1.29, 1.82) is 0 Å². The van der Waals surface area contributed by atoms with Gasteiger partial charge in [0.2, 0.25) is 11.8 Å². The van der Waals surface area contributed by atoms with Crippen LogP contribution in [0.1, 0.15) is 56.8 Å². The molecule has 0 aromatic heterocycles. The zero-order chi connectivity index (χ0) is 22.6. The average molecular weight is 443 g/mol. The van der Waals surface area contributed by atoms with Gasteiger partial charge in [-0.3, -0.25) is 9.59 Å². The second kappa shape index (κ2) is 12.8. The number of benzene rings is 2. The molecule has 1 atom stereocenters. The number of carbonyl (C=O) groups is 3. The Bertz CT molecular complexity index is 883. The van der Waals surface area contributed by atoms with Gasteiger partial charge >= 0.3 is 5.97 Å². The summed E-state index contributed by atoms with van der Waals surface area (Å²) in [7, 11) is 0. The molecule has 2 aromatic rings. The van der Waals surface area contributed by atoms with Crippen molar-refractivity contribution in [1.82, 2.24) is 0 Å². The maximum absolute atomic E-state index is 12.8. The lowest BCUT2D eigenvalue weighted by atomic mass is 10.2. The van der Waals surface area contributed by atoms with Crippen LogP contribution in [0.5, 0.6) is 0 Å². The van der Waals surface area contributed by atoms with E-state index in [1.165, 1.54) is 11.8 Å². The van der Waals surface area contributed by atoms with Crippen LogP contribution in [0.4, 0.5) is 11.4 Å². The van der Waals surface area contributed by atoms with Crippen molar-refractivity contribution in [3.8, 4) is 0 Å². The first-order chi connectivity index (χ1) is 15.0. The number of esters is 1. The molecule has 0 bridgehead atoms. The third-order valence-electron chi connectivity index (χ3n) is 4.48. The first kappa shape index (κ1) is 24.5. The van der Waals surface area contributed by atoms with Gasteiger partial charge in [0.1, 0.15) is 0 Å². The fraction of sp³-hybridized carbons (Fsp3) is 0.375. The maximum atomic E-state index is 12.8. The van der Waals surface area contributed by atoms with Crippen molar-refractivity contribution >= 4 is 40.9 Å². The molecular formula is C24H30N2O4S. The molecule has 2 rings (SSSR count). The summed E-state index contributed by atoms with van der Waals surface area (Å²) in [4.78, 5) is 37.4. The van der Waals surface area contributed by atoms with E-state index in [9.17, 15) is 14.4 Å². The summed E-state index contributed by atoms with van der Waals surface area (Å²) in [6, 6.07) is 14.2. The highest BCUT2D eigenvalue weighted by atomic mass is 32.2. The molecule has 0 saturated heterocycles. The number of anilines is 2. The Labute approximate surface area is 188 Å². The van der Waals surface area contributed by atoms with E-state index in [-0.39, 0.29) is 23.0 Å². The number of amides is 2. The maximum Gasteiger partial charge on any atom is 0.338 e. The average Bonchev–Trinajstić information content (AvgIpc) is 2.77. The van der Waals surface area contributed by atoms with Crippen LogP contribution in [-0.4, -0.2) is 29.6 Å². The van der Waals surface area contributed by atoms with E-state index in [0.29, 0.717) is 30.7 Å². The minimum atomic E-state index is -0.385. The molecule has 0 heterocycles. The minimum absolute atomic E-state index is 0.0000461. The topological polar surface area (TPSA) is 84.5 Å². The molecule has 0 aliphatic heterocycles. The van der Waals surface area contributed by atoms with Crippen molar-refractivity contribution in [2.45, 2.75) is 56.6 Å². The number of hydrogen-bond donors (Lipinski definition) is 2. The molecule has 7 heteroatoms. The van der Waals surface area contributed by atoms with Crippen LogP contribution in [0.25, 0.3) is 0 Å². The van der Waals surface area contributed by atoms with Crippen LogP contribution in [0, 0.1) is 0 Å². The highest BCUT2D eigenvalue weighted by Gasteiger charge is 2.19. The molecule has 6 nitrogen and oxygen atoms in total. The molecule has 0 fully saturated rings. The largest absolute Gasteiger partial charge is 0.462 e. The zero-order valence-electron chi connectivity index (χ0n) is 18.3. The molecule has 0 radical (unpaired) electrons. The van der Waals surface area contributed by atoms with Crippen molar-refractivity contribution < 1.29 is 19.1 Å². The monoisotopic (exact) mass is 442 g/mol. The van der Waals surface area contributed by atoms with Gasteiger partial charge in [-0.05, 0) is 62.2 Å². The number of rotatable bonds is 11. The minimum Gasteiger partial charge on any atom is -0.462 e. The zero-order valence-corrected chi connectivity index (χ0v) is 19.1. The van der Waals surface area contributed by atoms with Crippen LogP contribution in [0.15, 0.2) is 53.4 Å². The normalized spacial score (nSPS) is 11.5. The molecule has 166 valence electrons. The van der Waals surface area contributed by atoms with Crippen molar-refractivity contribution in [3.05, 3.63) is 54.1 Å². The van der Waals surface area contributed by atoms with Gasteiger partial charge in [0.25, 0.3) is 0 Å². The van der Waals surface area contributed by atoms with E-state index in [4.69, 9.17) is 4.74 Å². The van der Waals surface area contributed by atoms with Gasteiger partial charge < -0.3 is 15.4 Å². The Hall–Kier alpha value is -2.80. The fourth-order valence-corrected chi connectivity index (χ4v) is 3.83. The van der Waals surface area contributed by atoms with Crippen LogP contribution in [0.2, 0.25) is 0 Å². The first-order valence-electron chi connectivity index (χ1n) is 10.6. The second-order valence-electron chi connectivity index (χ2n) is 6.98. The van der Waals surface area contributed by atoms with Crippen molar-refractivity contribution in [3.63, 3.8) is 0 Å². The summed E-state index contributed by atoms with van der Waals surface area (Å²) >= 11 is 1.45. The van der Waals surface area contributed by atoms with Gasteiger partial charge in [0.15, 0.2) is 0 Å². The SMILES string of the molecule is CCCCC(=O)Nc1cccc(SC(CC)C(=O)Nc2ccc(C(=O)OCC)cc2)c1. The van der Waals surface area contributed by atoms with Crippen molar-refractivity contribution in [2.24, 2.45) is 0 Å². The highest BCUT2D eigenvalue weighted by Crippen LogP contribution is 2.28. The number of hydrogen-bond acceptors (Lipinski definition) is 5. The number of nitrogens with one attached hydrogen (secondary N) is 2. The van der Waals surface area contributed by atoms with Crippen LogP contribution in [0.3, 0.4) is 0 Å². The smallest absolute Gasteiger partial charge is 0.338 e. The summed E-state index contributed by atoms with van der Waals surface area (Å²) in [5, 5.41) is 5.51. The van der Waals surface area contributed by atoms with Gasteiger partial charge in [-0.2, -0.15) is 0 Å². The molecule has 2 N–H and O–H groups in total. The van der Waals surface area contributed by atoms with E-state index in [1.54, 1.807) is 31.2 Å². The highest BCUT2D eigenvalue weighted by molar-refractivity contribution is 8.00. The summed E-state index contributed by atoms with van der Waals surface area (Å²) in [5.74, 6) is -0.502. The van der Waals surface area contributed by atoms with Crippen molar-refractivity contribution in [2.75, 3.05) is 17.2 Å². The van der Waals surface area contributed by atoms with Crippen LogP contribution in [-0.2, 0) is 14.3 Å². The first-order valence-corrected chi connectivity index (χ1v) is 11.5. The number of unbranched alkanes of at least 4 members (excludes halogenated alkanes) is 1. The summed E-state index contributed by atoms with van der Waals surface area (Å²) in [5.41, 5.74) is 1.80. The predicted octanol–water partition coefficient (Wildman–Crippen LogP) is 5.50. The van der Waals surface area contributed by atoms with Crippen LogP contribution >= 0.6 is 11.8 Å². The van der Waals surface area contributed by atoms with Gasteiger partial charge in [-0.25, -0.2) is 4.79 Å². The molecule has 1 unspecified atom stereocenters. The van der Waals surface area contributed by atoms with Gasteiger partial charge in [-0.1, -0.05) is 26.3 Å². The number of carbonyl (C=O) groups excluding carboxylic acids is 3. The van der Waals surface area contributed by atoms with Gasteiger partial charge in [0, 0.05) is 22.7 Å². The third-order valence-corrected chi connectivity index (χ3v) is 5.84. The molecule has 0 aliphatic carbocycles. The Morgan fingerprint density at radius 3 is 2.35 bits per heavy atom. The van der Waals surface area contributed by atoms with Crippen LogP contribution < -0.4 is 10.6 Å². The summed E-state index contributed by atoms with van der Waals surface area (Å²) < 4.78 is 4.97. The lowest BCUT2D eigenvalue weighted by Crippen LogP contribution is -2.24. The summed E-state index contributed by atoms with van der Waals surface area (Å²) in [6.45, 7) is 6.08. The fourth-order valence-electron chi connectivity index (χ4n) is 2.82. The number of ether oxygens (including phenoxy) is 1. The second-order valence-corrected chi connectivity index (χ2v) is 8.26. The lowest BCUT2D eigenvalue weighted by Gasteiger charge is -2.16. The third kappa shape index (κ3) is 8.09. The quantitative estimate of drug-likeness (QED) is 0.354. The Morgan fingerprint density at radius 2 is 1.71 bits per heavy atom. The van der Waals surface area contributed by atoms with E-state index in [1.807, 2.05) is 31.2 Å². The molecule has 2 aromatic carbocycles. The Morgan fingerprint density at radius 1 is 0.968 bits per heavy atom. The molecular weight excluding hydrogens is 412 g/mol.